The number of carbonyl (C=O) groups excluding carboxylic acids is 1. The first kappa shape index (κ1) is 17.0. The third-order valence-corrected chi connectivity index (χ3v) is 4.87. The second kappa shape index (κ2) is 7.40. The number of rotatable bonds is 4. The van der Waals surface area contributed by atoms with Gasteiger partial charge in [-0.1, -0.05) is 15.9 Å². The normalized spacial score (nSPS) is 15.5. The first-order chi connectivity index (χ1) is 11.5. The van der Waals surface area contributed by atoms with E-state index >= 15 is 0 Å². The van der Waals surface area contributed by atoms with Crippen LogP contribution in [-0.2, 0) is 18.3 Å². The minimum Gasteiger partial charge on any atom is -0.317 e. The van der Waals surface area contributed by atoms with Gasteiger partial charge in [-0.15, -0.1) is 0 Å². The average Bonchev–Trinajstić information content (AvgIpc) is 2.92. The molecule has 1 fully saturated rings. The molecule has 8 heteroatoms. The van der Waals surface area contributed by atoms with E-state index < -0.39 is 0 Å². The largest absolute Gasteiger partial charge is 0.317 e. The Labute approximate surface area is 148 Å². The number of hydrogen-bond donors (Lipinski definition) is 2. The third kappa shape index (κ3) is 3.99. The summed E-state index contributed by atoms with van der Waals surface area (Å²) in [5.74, 6) is 0.879. The van der Waals surface area contributed by atoms with Gasteiger partial charge in [0, 0.05) is 17.4 Å². The van der Waals surface area contributed by atoms with Crippen LogP contribution in [0.4, 0.5) is 10.3 Å². The van der Waals surface area contributed by atoms with Crippen molar-refractivity contribution >= 4 is 27.8 Å². The molecule has 0 atom stereocenters. The Hall–Kier alpha value is -1.80. The number of aromatic nitrogens is 3. The van der Waals surface area contributed by atoms with Gasteiger partial charge in [-0.2, -0.15) is 10.1 Å². The molecular formula is C16H19BrFN5O. The van der Waals surface area contributed by atoms with Crippen LogP contribution < -0.4 is 10.6 Å². The van der Waals surface area contributed by atoms with Crippen LogP contribution >= 0.6 is 15.9 Å². The molecule has 1 aromatic heterocycles. The highest BCUT2D eigenvalue weighted by atomic mass is 79.9. The number of amides is 1. The predicted molar refractivity (Wildman–Crippen MR) is 92.3 cm³/mol. The SMILES string of the molecule is Cn1nc(C2CCNCC2)nc1NC(=O)Cc1cc(F)ccc1Br. The van der Waals surface area contributed by atoms with Crippen molar-refractivity contribution in [1.29, 1.82) is 0 Å². The van der Waals surface area contributed by atoms with Gasteiger partial charge in [0.25, 0.3) is 0 Å². The molecule has 128 valence electrons. The minimum absolute atomic E-state index is 0.0634. The van der Waals surface area contributed by atoms with Crippen molar-refractivity contribution in [3.63, 3.8) is 0 Å². The van der Waals surface area contributed by atoms with Crippen molar-refractivity contribution in [2.24, 2.45) is 7.05 Å². The lowest BCUT2D eigenvalue weighted by atomic mass is 9.98. The second-order valence-corrected chi connectivity index (χ2v) is 6.76. The molecule has 0 saturated carbocycles. The third-order valence-electron chi connectivity index (χ3n) is 4.09. The van der Waals surface area contributed by atoms with Gasteiger partial charge in [0.2, 0.25) is 11.9 Å². The van der Waals surface area contributed by atoms with Crippen molar-refractivity contribution in [3.05, 3.63) is 39.9 Å². The van der Waals surface area contributed by atoms with Crippen molar-refractivity contribution in [2.75, 3.05) is 18.4 Å². The topological polar surface area (TPSA) is 71.8 Å². The van der Waals surface area contributed by atoms with Crippen LogP contribution in [0.25, 0.3) is 0 Å². The van der Waals surface area contributed by atoms with Crippen molar-refractivity contribution in [1.82, 2.24) is 20.1 Å². The van der Waals surface area contributed by atoms with E-state index in [4.69, 9.17) is 0 Å². The first-order valence-electron chi connectivity index (χ1n) is 7.88. The fraction of sp³-hybridized carbons (Fsp3) is 0.438. The summed E-state index contributed by atoms with van der Waals surface area (Å²) in [6.45, 7) is 1.91. The minimum atomic E-state index is -0.368. The first-order valence-corrected chi connectivity index (χ1v) is 8.67. The van der Waals surface area contributed by atoms with E-state index in [2.05, 4.69) is 36.6 Å². The average molecular weight is 396 g/mol. The highest BCUT2D eigenvalue weighted by Gasteiger charge is 2.21. The summed E-state index contributed by atoms with van der Waals surface area (Å²) in [5.41, 5.74) is 0.591. The number of aryl methyl sites for hydroxylation is 1. The van der Waals surface area contributed by atoms with E-state index in [1.807, 2.05) is 0 Å². The Balaban J connectivity index is 1.68. The number of benzene rings is 1. The number of hydrogen-bond acceptors (Lipinski definition) is 4. The summed E-state index contributed by atoms with van der Waals surface area (Å²) >= 11 is 3.33. The zero-order valence-electron chi connectivity index (χ0n) is 13.4. The molecule has 1 aliphatic rings. The van der Waals surface area contributed by atoms with Crippen LogP contribution in [-0.4, -0.2) is 33.8 Å². The summed E-state index contributed by atoms with van der Waals surface area (Å²) in [6.07, 6.45) is 2.05. The molecule has 2 N–H and O–H groups in total. The molecule has 0 spiro atoms. The van der Waals surface area contributed by atoms with Crippen LogP contribution in [0.3, 0.4) is 0 Å². The van der Waals surface area contributed by atoms with Gasteiger partial charge in [-0.3, -0.25) is 10.1 Å². The van der Waals surface area contributed by atoms with Gasteiger partial charge in [-0.25, -0.2) is 9.07 Å². The summed E-state index contributed by atoms with van der Waals surface area (Å²) in [6, 6.07) is 4.29. The van der Waals surface area contributed by atoms with E-state index in [1.165, 1.54) is 12.1 Å². The molecule has 1 amide bonds. The van der Waals surface area contributed by atoms with E-state index in [-0.39, 0.29) is 18.1 Å². The van der Waals surface area contributed by atoms with Crippen LogP contribution in [0.5, 0.6) is 0 Å². The maximum Gasteiger partial charge on any atom is 0.231 e. The van der Waals surface area contributed by atoms with Gasteiger partial charge in [-0.05, 0) is 49.7 Å². The quantitative estimate of drug-likeness (QED) is 0.833. The van der Waals surface area contributed by atoms with E-state index in [0.717, 1.165) is 31.8 Å². The fourth-order valence-corrected chi connectivity index (χ4v) is 3.17. The van der Waals surface area contributed by atoms with Crippen molar-refractivity contribution in [3.8, 4) is 0 Å². The molecular weight excluding hydrogens is 377 g/mol. The molecule has 3 rings (SSSR count). The van der Waals surface area contributed by atoms with Gasteiger partial charge >= 0.3 is 0 Å². The lowest BCUT2D eigenvalue weighted by molar-refractivity contribution is -0.115. The van der Waals surface area contributed by atoms with Gasteiger partial charge < -0.3 is 5.32 Å². The lowest BCUT2D eigenvalue weighted by Crippen LogP contribution is -2.27. The Morgan fingerprint density at radius 3 is 2.96 bits per heavy atom. The van der Waals surface area contributed by atoms with E-state index in [9.17, 15) is 9.18 Å². The number of anilines is 1. The molecule has 1 aromatic carbocycles. The number of halogens is 2. The summed E-state index contributed by atoms with van der Waals surface area (Å²) in [5, 5.41) is 10.5. The number of nitrogens with zero attached hydrogens (tertiary/aromatic N) is 3. The Bertz CT molecular complexity index is 742. The van der Waals surface area contributed by atoms with Crippen molar-refractivity contribution in [2.45, 2.75) is 25.2 Å². The monoisotopic (exact) mass is 395 g/mol. The maximum absolute atomic E-state index is 13.3. The van der Waals surface area contributed by atoms with Crippen molar-refractivity contribution < 1.29 is 9.18 Å². The van der Waals surface area contributed by atoms with E-state index in [1.54, 1.807) is 17.8 Å². The molecule has 1 aliphatic heterocycles. The van der Waals surface area contributed by atoms with Crippen LogP contribution in [0.1, 0.15) is 30.1 Å². The molecule has 0 radical (unpaired) electrons. The smallest absolute Gasteiger partial charge is 0.231 e. The van der Waals surface area contributed by atoms with Crippen LogP contribution in [0.15, 0.2) is 22.7 Å². The fourth-order valence-electron chi connectivity index (χ4n) is 2.79. The lowest BCUT2D eigenvalue weighted by Gasteiger charge is -2.19. The molecule has 2 heterocycles. The highest BCUT2D eigenvalue weighted by Crippen LogP contribution is 2.23. The molecule has 24 heavy (non-hydrogen) atoms. The summed E-state index contributed by atoms with van der Waals surface area (Å²) < 4.78 is 15.6. The standard InChI is InChI=1S/C16H19BrFN5O/c1-23-16(21-15(22-23)10-4-6-19-7-5-10)20-14(24)9-11-8-12(18)2-3-13(11)17/h2-3,8,10,19H,4-7,9H2,1H3,(H,20,21,22,24). The zero-order valence-corrected chi connectivity index (χ0v) is 14.9. The zero-order chi connectivity index (χ0) is 17.1. The Morgan fingerprint density at radius 2 is 2.21 bits per heavy atom. The predicted octanol–water partition coefficient (Wildman–Crippen LogP) is 2.36. The molecule has 0 bridgehead atoms. The Kier molecular flexibility index (Phi) is 5.25. The molecule has 6 nitrogen and oxygen atoms in total. The number of nitrogens with one attached hydrogen (secondary N) is 2. The number of piperidine rings is 1. The highest BCUT2D eigenvalue weighted by molar-refractivity contribution is 9.10. The maximum atomic E-state index is 13.3. The van der Waals surface area contributed by atoms with Gasteiger partial charge in [0.05, 0.1) is 6.42 Å². The molecule has 1 saturated heterocycles. The molecule has 0 unspecified atom stereocenters. The summed E-state index contributed by atoms with van der Waals surface area (Å²) in [4.78, 5) is 16.7. The van der Waals surface area contributed by atoms with E-state index in [0.29, 0.717) is 21.9 Å². The second-order valence-electron chi connectivity index (χ2n) is 5.90. The Morgan fingerprint density at radius 1 is 1.46 bits per heavy atom. The number of carbonyl (C=O) groups is 1. The molecule has 0 aliphatic carbocycles. The van der Waals surface area contributed by atoms with Gasteiger partial charge in [0.1, 0.15) is 5.82 Å². The summed E-state index contributed by atoms with van der Waals surface area (Å²) in [7, 11) is 1.76. The van der Waals surface area contributed by atoms with Crippen LogP contribution in [0.2, 0.25) is 0 Å². The van der Waals surface area contributed by atoms with Gasteiger partial charge in [0.15, 0.2) is 5.82 Å². The molecule has 2 aromatic rings. The van der Waals surface area contributed by atoms with Crippen LogP contribution in [0, 0.1) is 5.82 Å².